The third-order valence-electron chi connectivity index (χ3n) is 5.95. The maximum absolute atomic E-state index is 5.72. The lowest BCUT2D eigenvalue weighted by Gasteiger charge is -2.32. The Balaban J connectivity index is 1.28. The topological polar surface area (TPSA) is 61.7 Å². The number of hydrogen-bond acceptors (Lipinski definition) is 4. The molecule has 3 heterocycles. The van der Waals surface area contributed by atoms with Crippen molar-refractivity contribution < 1.29 is 14.5 Å². The molecular formula is C16H30N6O+2. The molecule has 7 nitrogen and oxygen atoms in total. The predicted octanol–water partition coefficient (Wildman–Crippen LogP) is -1.92. The molecule has 3 aliphatic rings. The third-order valence-corrected chi connectivity index (χ3v) is 5.95. The van der Waals surface area contributed by atoms with Crippen molar-refractivity contribution in [2.24, 2.45) is 0 Å². The zero-order valence-corrected chi connectivity index (χ0v) is 14.0. The maximum Gasteiger partial charge on any atom is 0.206 e. The number of aromatic nitrogens is 4. The Kier molecular flexibility index (Phi) is 4.87. The number of nitrogens with zero attached hydrogens (tertiary/aromatic N) is 4. The summed E-state index contributed by atoms with van der Waals surface area (Å²) >= 11 is 0. The lowest BCUT2D eigenvalue weighted by Crippen LogP contribution is -3.29. The summed E-state index contributed by atoms with van der Waals surface area (Å²) in [5.74, 6) is 1.03. The first-order valence-electron chi connectivity index (χ1n) is 9.43. The molecule has 0 radical (unpaired) electrons. The molecule has 2 saturated heterocycles. The molecule has 128 valence electrons. The molecule has 0 spiro atoms. The summed E-state index contributed by atoms with van der Waals surface area (Å²) in [5.41, 5.74) is 0. The SMILES string of the molecule is C1CCC([NH+]2CC[NH+](Cc3nnnn3C[C@@H]3CCCO3)CC2)C1. The van der Waals surface area contributed by atoms with Crippen molar-refractivity contribution in [2.75, 3.05) is 32.8 Å². The van der Waals surface area contributed by atoms with E-state index in [1.807, 2.05) is 9.58 Å². The lowest BCUT2D eigenvalue weighted by molar-refractivity contribution is -1.03. The molecule has 7 heteroatoms. The second-order valence-electron chi connectivity index (χ2n) is 7.48. The van der Waals surface area contributed by atoms with Crippen LogP contribution in [0.4, 0.5) is 0 Å². The van der Waals surface area contributed by atoms with Gasteiger partial charge in [0.25, 0.3) is 0 Å². The van der Waals surface area contributed by atoms with Crippen molar-refractivity contribution in [3.05, 3.63) is 5.82 Å². The molecule has 1 aliphatic carbocycles. The number of nitrogens with one attached hydrogen (secondary N) is 2. The van der Waals surface area contributed by atoms with Gasteiger partial charge in [0.15, 0.2) is 0 Å². The Morgan fingerprint density at radius 3 is 2.61 bits per heavy atom. The van der Waals surface area contributed by atoms with Crippen molar-refractivity contribution in [1.82, 2.24) is 20.2 Å². The molecule has 0 aromatic carbocycles. The number of ether oxygens (including phenoxy) is 1. The van der Waals surface area contributed by atoms with Gasteiger partial charge in [-0.2, -0.15) is 0 Å². The van der Waals surface area contributed by atoms with E-state index in [0.29, 0.717) is 6.10 Å². The standard InChI is InChI=1S/C16H28N6O/c1-2-5-14(4-1)21-9-7-20(8-10-21)13-16-17-18-19-22(16)12-15-6-3-11-23-15/h14-15H,1-13H2/p+2/t15-/m0/s1. The van der Waals surface area contributed by atoms with Crippen molar-refractivity contribution in [3.8, 4) is 0 Å². The van der Waals surface area contributed by atoms with E-state index in [1.54, 1.807) is 4.90 Å². The van der Waals surface area contributed by atoms with E-state index in [1.165, 1.54) is 58.3 Å². The largest absolute Gasteiger partial charge is 0.376 e. The predicted molar refractivity (Wildman–Crippen MR) is 84.1 cm³/mol. The molecule has 1 aromatic heterocycles. The molecule has 3 fully saturated rings. The van der Waals surface area contributed by atoms with Crippen LogP contribution in [0, 0.1) is 0 Å². The van der Waals surface area contributed by atoms with Crippen LogP contribution < -0.4 is 9.80 Å². The van der Waals surface area contributed by atoms with Crippen molar-refractivity contribution in [3.63, 3.8) is 0 Å². The van der Waals surface area contributed by atoms with Gasteiger partial charge in [-0.15, -0.1) is 5.10 Å². The molecule has 1 aromatic rings. The Hall–Kier alpha value is -1.05. The van der Waals surface area contributed by atoms with E-state index in [0.717, 1.165) is 38.0 Å². The zero-order valence-electron chi connectivity index (χ0n) is 14.0. The average molecular weight is 322 g/mol. The summed E-state index contributed by atoms with van der Waals surface area (Å²) in [5, 5.41) is 12.3. The first-order chi connectivity index (χ1) is 11.4. The molecule has 1 saturated carbocycles. The number of tetrazole rings is 1. The van der Waals surface area contributed by atoms with Gasteiger partial charge in [-0.1, -0.05) is 0 Å². The minimum Gasteiger partial charge on any atom is -0.376 e. The fourth-order valence-corrected chi connectivity index (χ4v) is 4.54. The molecule has 0 amide bonds. The Morgan fingerprint density at radius 1 is 1.04 bits per heavy atom. The van der Waals surface area contributed by atoms with Gasteiger partial charge in [-0.3, -0.25) is 0 Å². The highest BCUT2D eigenvalue weighted by atomic mass is 16.5. The van der Waals surface area contributed by atoms with Gasteiger partial charge in [-0.05, 0) is 49.0 Å². The molecule has 23 heavy (non-hydrogen) atoms. The minimum absolute atomic E-state index is 0.302. The summed E-state index contributed by atoms with van der Waals surface area (Å²) in [7, 11) is 0. The highest BCUT2D eigenvalue weighted by Crippen LogP contribution is 2.15. The smallest absolute Gasteiger partial charge is 0.206 e. The van der Waals surface area contributed by atoms with E-state index < -0.39 is 0 Å². The summed E-state index contributed by atoms with van der Waals surface area (Å²) < 4.78 is 7.69. The van der Waals surface area contributed by atoms with E-state index in [2.05, 4.69) is 15.5 Å². The van der Waals surface area contributed by atoms with Gasteiger partial charge in [0.05, 0.1) is 18.7 Å². The molecule has 1 atom stereocenters. The fourth-order valence-electron chi connectivity index (χ4n) is 4.54. The van der Waals surface area contributed by atoms with Crippen molar-refractivity contribution in [1.29, 1.82) is 0 Å². The highest BCUT2D eigenvalue weighted by Gasteiger charge is 2.32. The van der Waals surface area contributed by atoms with Crippen molar-refractivity contribution >= 4 is 0 Å². The first kappa shape index (κ1) is 15.5. The Labute approximate surface area is 138 Å². The van der Waals surface area contributed by atoms with Crippen LogP contribution in [0.25, 0.3) is 0 Å². The van der Waals surface area contributed by atoms with Crippen LogP contribution in [-0.2, 0) is 17.8 Å². The first-order valence-corrected chi connectivity index (χ1v) is 9.43. The van der Waals surface area contributed by atoms with E-state index in [9.17, 15) is 0 Å². The summed E-state index contributed by atoms with van der Waals surface area (Å²) in [6, 6.07) is 0.946. The van der Waals surface area contributed by atoms with Crippen LogP contribution in [0.1, 0.15) is 44.3 Å². The third kappa shape index (κ3) is 3.72. The van der Waals surface area contributed by atoms with Crippen LogP contribution in [0.3, 0.4) is 0 Å². The Morgan fingerprint density at radius 2 is 1.87 bits per heavy atom. The number of quaternary nitrogens is 2. The van der Waals surface area contributed by atoms with Gasteiger partial charge >= 0.3 is 0 Å². The van der Waals surface area contributed by atoms with E-state index in [-0.39, 0.29) is 0 Å². The highest BCUT2D eigenvalue weighted by molar-refractivity contribution is 4.79. The summed E-state index contributed by atoms with van der Waals surface area (Å²) in [4.78, 5) is 3.49. The molecule has 4 rings (SSSR count). The molecule has 0 bridgehead atoms. The van der Waals surface area contributed by atoms with Gasteiger partial charge in [-0.25, -0.2) is 4.68 Å². The van der Waals surface area contributed by atoms with Crippen LogP contribution >= 0.6 is 0 Å². The monoisotopic (exact) mass is 322 g/mol. The maximum atomic E-state index is 5.72. The number of piperazine rings is 1. The van der Waals surface area contributed by atoms with Crippen LogP contribution in [0.5, 0.6) is 0 Å². The second-order valence-corrected chi connectivity index (χ2v) is 7.48. The van der Waals surface area contributed by atoms with Crippen molar-refractivity contribution in [2.45, 2.75) is 63.8 Å². The fraction of sp³-hybridized carbons (Fsp3) is 0.938. The molecular weight excluding hydrogens is 292 g/mol. The van der Waals surface area contributed by atoms with Crippen LogP contribution in [0.2, 0.25) is 0 Å². The van der Waals surface area contributed by atoms with E-state index in [4.69, 9.17) is 4.74 Å². The molecule has 0 unspecified atom stereocenters. The van der Waals surface area contributed by atoms with Gasteiger partial charge in [0, 0.05) is 6.61 Å². The summed E-state index contributed by atoms with van der Waals surface area (Å²) in [6.45, 7) is 7.78. The lowest BCUT2D eigenvalue weighted by atomic mass is 10.2. The van der Waals surface area contributed by atoms with Crippen LogP contribution in [-0.4, -0.2) is 65.1 Å². The molecule has 2 aliphatic heterocycles. The normalized spacial score (nSPS) is 32.6. The average Bonchev–Trinajstić information content (AvgIpc) is 3.32. The zero-order chi connectivity index (χ0) is 15.5. The minimum atomic E-state index is 0.302. The van der Waals surface area contributed by atoms with E-state index >= 15 is 0 Å². The van der Waals surface area contributed by atoms with Crippen LogP contribution in [0.15, 0.2) is 0 Å². The molecule has 2 N–H and O–H groups in total. The second kappa shape index (κ2) is 7.23. The number of rotatable bonds is 5. The quantitative estimate of drug-likeness (QED) is 0.663. The van der Waals surface area contributed by atoms with Gasteiger partial charge in [0.1, 0.15) is 32.7 Å². The number of hydrogen-bond donors (Lipinski definition) is 2. The Bertz CT molecular complexity index is 487. The van der Waals surface area contributed by atoms with Gasteiger partial charge in [0.2, 0.25) is 5.82 Å². The summed E-state index contributed by atoms with van der Waals surface area (Å²) in [6.07, 6.45) is 8.39. The van der Waals surface area contributed by atoms with Gasteiger partial charge < -0.3 is 14.5 Å².